The van der Waals surface area contributed by atoms with Crippen LogP contribution in [0.2, 0.25) is 0 Å². The summed E-state index contributed by atoms with van der Waals surface area (Å²) < 4.78 is 58.1. The number of carbonyl (C=O) groups excluding carboxylic acids is 1. The zero-order valence-corrected chi connectivity index (χ0v) is 19.2. The Bertz CT molecular complexity index is 1160. The molecule has 0 atom stereocenters. The number of benzene rings is 2. The molecule has 0 aliphatic carbocycles. The second kappa shape index (κ2) is 9.44. The summed E-state index contributed by atoms with van der Waals surface area (Å²) in [4.78, 5) is 18.7. The van der Waals surface area contributed by atoms with Crippen molar-refractivity contribution in [3.8, 4) is 17.2 Å². The Morgan fingerprint density at radius 2 is 1.65 bits per heavy atom. The summed E-state index contributed by atoms with van der Waals surface area (Å²) in [7, 11) is 4.44. The van der Waals surface area contributed by atoms with Crippen LogP contribution in [0.15, 0.2) is 36.4 Å². The molecule has 1 aliphatic rings. The van der Waals surface area contributed by atoms with Gasteiger partial charge in [-0.2, -0.15) is 13.2 Å². The number of fused-ring (bicyclic) bond motifs is 1. The largest absolute Gasteiger partial charge is 0.493 e. The molecule has 10 heteroatoms. The van der Waals surface area contributed by atoms with Crippen molar-refractivity contribution in [1.29, 1.82) is 0 Å². The third kappa shape index (κ3) is 4.49. The molecule has 2 aromatic carbocycles. The number of para-hydroxylation sites is 2. The fourth-order valence-corrected chi connectivity index (χ4v) is 4.44. The lowest BCUT2D eigenvalue weighted by molar-refractivity contribution is -0.147. The first-order chi connectivity index (χ1) is 16.3. The van der Waals surface area contributed by atoms with Crippen LogP contribution in [0.25, 0.3) is 11.0 Å². The van der Waals surface area contributed by atoms with E-state index < -0.39 is 12.0 Å². The maximum absolute atomic E-state index is 13.6. The Balaban J connectivity index is 1.49. The summed E-state index contributed by atoms with van der Waals surface area (Å²) in [5.74, 6) is 0.0703. The van der Waals surface area contributed by atoms with Crippen molar-refractivity contribution in [3.05, 3.63) is 47.8 Å². The SMILES string of the molecule is COc1cc(C(=O)N2CCC(Cn3c(C(F)(F)F)nc4ccccc43)CC2)cc(OC)c1OC. The molecule has 1 amide bonds. The van der Waals surface area contributed by atoms with E-state index in [1.807, 2.05) is 0 Å². The highest BCUT2D eigenvalue weighted by atomic mass is 19.4. The van der Waals surface area contributed by atoms with Gasteiger partial charge in [-0.1, -0.05) is 12.1 Å². The number of imidazole rings is 1. The molecule has 1 fully saturated rings. The lowest BCUT2D eigenvalue weighted by Gasteiger charge is -2.32. The topological polar surface area (TPSA) is 65.8 Å². The van der Waals surface area contributed by atoms with Gasteiger partial charge in [0.2, 0.25) is 11.6 Å². The number of likely N-dealkylation sites (tertiary alicyclic amines) is 1. The highest BCUT2D eigenvalue weighted by Crippen LogP contribution is 2.39. The summed E-state index contributed by atoms with van der Waals surface area (Å²) in [5.41, 5.74) is 1.18. The Hall–Kier alpha value is -3.43. The zero-order chi connectivity index (χ0) is 24.5. The molecule has 0 bridgehead atoms. The molecule has 4 rings (SSSR count). The summed E-state index contributed by atoms with van der Waals surface area (Å²) in [5, 5.41) is 0. The van der Waals surface area contributed by atoms with Crippen LogP contribution in [0.3, 0.4) is 0 Å². The third-order valence-corrected chi connectivity index (χ3v) is 6.16. The quantitative estimate of drug-likeness (QED) is 0.518. The normalized spacial score (nSPS) is 14.9. The summed E-state index contributed by atoms with van der Waals surface area (Å²) in [6, 6.07) is 9.82. The molecule has 34 heavy (non-hydrogen) atoms. The highest BCUT2D eigenvalue weighted by molar-refractivity contribution is 5.95. The predicted octanol–water partition coefficient (Wildman–Crippen LogP) is 4.63. The first kappa shape index (κ1) is 23.7. The summed E-state index contributed by atoms with van der Waals surface area (Å²) in [6.07, 6.45) is -3.37. The van der Waals surface area contributed by atoms with Crippen LogP contribution in [0, 0.1) is 5.92 Å². The van der Waals surface area contributed by atoms with Crippen LogP contribution in [0.4, 0.5) is 13.2 Å². The van der Waals surface area contributed by atoms with Crippen molar-refractivity contribution >= 4 is 16.9 Å². The fourth-order valence-electron chi connectivity index (χ4n) is 4.44. The van der Waals surface area contributed by atoms with Crippen molar-refractivity contribution in [2.24, 2.45) is 5.92 Å². The fraction of sp³-hybridized carbons (Fsp3) is 0.417. The van der Waals surface area contributed by atoms with Crippen molar-refractivity contribution in [2.45, 2.75) is 25.6 Å². The highest BCUT2D eigenvalue weighted by Gasteiger charge is 2.38. The van der Waals surface area contributed by atoms with Gasteiger partial charge in [-0.15, -0.1) is 0 Å². The van der Waals surface area contributed by atoms with Crippen LogP contribution >= 0.6 is 0 Å². The number of piperidine rings is 1. The molecular formula is C24H26F3N3O4. The van der Waals surface area contributed by atoms with Crippen molar-refractivity contribution < 1.29 is 32.2 Å². The first-order valence-corrected chi connectivity index (χ1v) is 10.9. The molecular weight excluding hydrogens is 451 g/mol. The molecule has 1 aromatic heterocycles. The molecule has 0 unspecified atom stereocenters. The second-order valence-electron chi connectivity index (χ2n) is 8.18. The van der Waals surface area contributed by atoms with Crippen LogP contribution in [0.5, 0.6) is 17.2 Å². The van der Waals surface area contributed by atoms with Gasteiger partial charge in [-0.3, -0.25) is 4.79 Å². The number of hydrogen-bond donors (Lipinski definition) is 0. The van der Waals surface area contributed by atoms with E-state index in [-0.39, 0.29) is 18.4 Å². The Kier molecular flexibility index (Phi) is 6.58. The van der Waals surface area contributed by atoms with Gasteiger partial charge in [0.25, 0.3) is 5.91 Å². The van der Waals surface area contributed by atoms with Crippen LogP contribution < -0.4 is 14.2 Å². The smallest absolute Gasteiger partial charge is 0.449 e. The van der Waals surface area contributed by atoms with Gasteiger partial charge < -0.3 is 23.7 Å². The van der Waals surface area contributed by atoms with E-state index in [0.29, 0.717) is 59.8 Å². The van der Waals surface area contributed by atoms with Gasteiger partial charge in [0, 0.05) is 25.2 Å². The van der Waals surface area contributed by atoms with Gasteiger partial charge in [-0.25, -0.2) is 4.98 Å². The number of methoxy groups -OCH3 is 3. The maximum Gasteiger partial charge on any atom is 0.449 e. The van der Waals surface area contributed by atoms with Gasteiger partial charge in [-0.05, 0) is 43.0 Å². The number of alkyl halides is 3. The molecule has 2 heterocycles. The van der Waals surface area contributed by atoms with E-state index >= 15 is 0 Å². The molecule has 182 valence electrons. The van der Waals surface area contributed by atoms with Crippen LogP contribution in [-0.2, 0) is 12.7 Å². The van der Waals surface area contributed by atoms with E-state index in [2.05, 4.69) is 4.98 Å². The number of aromatic nitrogens is 2. The minimum Gasteiger partial charge on any atom is -0.493 e. The first-order valence-electron chi connectivity index (χ1n) is 10.9. The van der Waals surface area contributed by atoms with Gasteiger partial charge in [0.15, 0.2) is 11.5 Å². The van der Waals surface area contributed by atoms with Gasteiger partial charge in [0.1, 0.15) is 0 Å². The zero-order valence-electron chi connectivity index (χ0n) is 19.2. The number of amides is 1. The molecule has 3 aromatic rings. The Morgan fingerprint density at radius 1 is 1.03 bits per heavy atom. The molecule has 0 saturated carbocycles. The van der Waals surface area contributed by atoms with Gasteiger partial charge in [0.05, 0.1) is 32.4 Å². The molecule has 1 aliphatic heterocycles. The molecule has 0 spiro atoms. The molecule has 1 saturated heterocycles. The number of hydrogen-bond acceptors (Lipinski definition) is 5. The van der Waals surface area contributed by atoms with E-state index in [1.54, 1.807) is 41.3 Å². The molecule has 0 N–H and O–H groups in total. The van der Waals surface area contributed by atoms with Crippen LogP contribution in [0.1, 0.15) is 29.0 Å². The number of halogens is 3. The molecule has 0 radical (unpaired) electrons. The van der Waals surface area contributed by atoms with Crippen molar-refractivity contribution in [1.82, 2.24) is 14.5 Å². The Morgan fingerprint density at radius 3 is 2.21 bits per heavy atom. The monoisotopic (exact) mass is 477 g/mol. The maximum atomic E-state index is 13.6. The minimum absolute atomic E-state index is 0.0114. The van der Waals surface area contributed by atoms with Crippen LogP contribution in [-0.4, -0.2) is 54.8 Å². The van der Waals surface area contributed by atoms with Crippen molar-refractivity contribution in [2.75, 3.05) is 34.4 Å². The predicted molar refractivity (Wildman–Crippen MR) is 119 cm³/mol. The van der Waals surface area contributed by atoms with E-state index in [4.69, 9.17) is 14.2 Å². The third-order valence-electron chi connectivity index (χ3n) is 6.16. The summed E-state index contributed by atoms with van der Waals surface area (Å²) >= 11 is 0. The number of rotatable bonds is 6. The number of nitrogens with zero attached hydrogens (tertiary/aromatic N) is 3. The minimum atomic E-state index is -4.54. The number of carbonyl (C=O) groups is 1. The van der Waals surface area contributed by atoms with E-state index in [0.717, 1.165) is 0 Å². The van der Waals surface area contributed by atoms with E-state index in [9.17, 15) is 18.0 Å². The summed E-state index contributed by atoms with van der Waals surface area (Å²) in [6.45, 7) is 1.07. The average molecular weight is 477 g/mol. The van der Waals surface area contributed by atoms with Crippen molar-refractivity contribution in [3.63, 3.8) is 0 Å². The van der Waals surface area contributed by atoms with E-state index in [1.165, 1.54) is 25.9 Å². The standard InChI is InChI=1S/C24H26F3N3O4/c1-32-19-12-16(13-20(33-2)21(19)34-3)22(31)29-10-8-15(9-11-29)14-30-18-7-5-4-6-17(18)28-23(30)24(25,26)27/h4-7,12-13,15H,8-11,14H2,1-3H3. The lowest BCUT2D eigenvalue weighted by Crippen LogP contribution is -2.39. The Labute approximate surface area is 195 Å². The second-order valence-corrected chi connectivity index (χ2v) is 8.18. The number of ether oxygens (including phenoxy) is 3. The lowest BCUT2D eigenvalue weighted by atomic mass is 9.96. The average Bonchev–Trinajstić information content (AvgIpc) is 3.22. The van der Waals surface area contributed by atoms with Gasteiger partial charge >= 0.3 is 6.18 Å². The molecule has 7 nitrogen and oxygen atoms in total.